The Balaban J connectivity index is 2.58. The number of piperidine rings is 1. The molecule has 19 heavy (non-hydrogen) atoms. The van der Waals surface area contributed by atoms with Crippen LogP contribution in [0, 0.1) is 5.92 Å². The number of guanidine groups is 1. The van der Waals surface area contributed by atoms with Crippen LogP contribution in [0.25, 0.3) is 0 Å². The molecule has 0 bridgehead atoms. The van der Waals surface area contributed by atoms with E-state index >= 15 is 0 Å². The first-order valence-corrected chi connectivity index (χ1v) is 7.81. The van der Waals surface area contributed by atoms with Crippen molar-refractivity contribution in [2.75, 3.05) is 33.7 Å². The van der Waals surface area contributed by atoms with Crippen molar-refractivity contribution in [1.29, 1.82) is 0 Å². The van der Waals surface area contributed by atoms with Crippen LogP contribution in [0.5, 0.6) is 0 Å². The van der Waals surface area contributed by atoms with Crippen LogP contribution in [-0.4, -0.2) is 55.5 Å². The molecule has 112 valence electrons. The Hall–Kier alpha value is -0.770. The summed E-state index contributed by atoms with van der Waals surface area (Å²) in [5.41, 5.74) is 6.14. The number of hydrogen-bond acceptors (Lipinski definition) is 2. The van der Waals surface area contributed by atoms with E-state index in [1.807, 2.05) is 0 Å². The molecule has 1 rings (SSSR count). The number of aliphatic imine (C=N–C) groups is 1. The third kappa shape index (κ3) is 5.01. The maximum Gasteiger partial charge on any atom is 0.191 e. The van der Waals surface area contributed by atoms with E-state index in [0.717, 1.165) is 25.6 Å². The molecule has 4 heteroatoms. The Labute approximate surface area is 119 Å². The van der Waals surface area contributed by atoms with E-state index in [1.165, 1.54) is 32.1 Å². The van der Waals surface area contributed by atoms with Gasteiger partial charge in [0.1, 0.15) is 0 Å². The van der Waals surface area contributed by atoms with Crippen molar-refractivity contribution in [3.05, 3.63) is 0 Å². The molecule has 4 nitrogen and oxygen atoms in total. The van der Waals surface area contributed by atoms with Gasteiger partial charge in [-0.1, -0.05) is 26.7 Å². The summed E-state index contributed by atoms with van der Waals surface area (Å²) in [5.74, 6) is 1.45. The minimum atomic E-state index is 0.498. The first kappa shape index (κ1) is 16.3. The Morgan fingerprint density at radius 1 is 1.16 bits per heavy atom. The summed E-state index contributed by atoms with van der Waals surface area (Å²) >= 11 is 0. The maximum absolute atomic E-state index is 6.14. The number of nitrogens with zero attached hydrogens (tertiary/aromatic N) is 3. The minimum Gasteiger partial charge on any atom is -0.370 e. The van der Waals surface area contributed by atoms with Crippen molar-refractivity contribution in [2.45, 2.75) is 52.0 Å². The second kappa shape index (κ2) is 8.41. The lowest BCUT2D eigenvalue weighted by atomic mass is 9.93. The highest BCUT2D eigenvalue weighted by molar-refractivity contribution is 5.78. The quantitative estimate of drug-likeness (QED) is 0.593. The largest absolute Gasteiger partial charge is 0.370 e. The average molecular weight is 268 g/mol. The van der Waals surface area contributed by atoms with Gasteiger partial charge >= 0.3 is 0 Å². The van der Waals surface area contributed by atoms with Crippen molar-refractivity contribution in [1.82, 2.24) is 9.80 Å². The lowest BCUT2D eigenvalue weighted by Crippen LogP contribution is -2.43. The summed E-state index contributed by atoms with van der Waals surface area (Å²) in [6.07, 6.45) is 6.24. The molecule has 0 amide bonds. The number of hydrogen-bond donors (Lipinski definition) is 1. The summed E-state index contributed by atoms with van der Waals surface area (Å²) in [7, 11) is 4.30. The van der Waals surface area contributed by atoms with Gasteiger partial charge in [0.05, 0.1) is 6.54 Å². The van der Waals surface area contributed by atoms with Crippen LogP contribution < -0.4 is 5.73 Å². The Morgan fingerprint density at radius 3 is 2.21 bits per heavy atom. The fourth-order valence-corrected chi connectivity index (χ4v) is 2.98. The second-order valence-corrected chi connectivity index (χ2v) is 5.85. The number of rotatable bonds is 6. The lowest BCUT2D eigenvalue weighted by molar-refractivity contribution is 0.205. The van der Waals surface area contributed by atoms with E-state index in [2.05, 4.69) is 42.7 Å². The molecule has 1 heterocycles. The van der Waals surface area contributed by atoms with Crippen molar-refractivity contribution < 1.29 is 0 Å². The molecule has 1 aliphatic heterocycles. The zero-order valence-electron chi connectivity index (χ0n) is 13.2. The molecule has 0 radical (unpaired) electrons. The number of likely N-dealkylation sites (N-methyl/N-ethyl adjacent to an activating group) is 1. The van der Waals surface area contributed by atoms with Crippen molar-refractivity contribution in [3.63, 3.8) is 0 Å². The van der Waals surface area contributed by atoms with E-state index in [0.29, 0.717) is 12.0 Å². The maximum atomic E-state index is 6.14. The average Bonchev–Trinajstić information content (AvgIpc) is 2.43. The van der Waals surface area contributed by atoms with Crippen molar-refractivity contribution >= 4 is 5.96 Å². The van der Waals surface area contributed by atoms with Crippen LogP contribution in [0.1, 0.15) is 46.0 Å². The summed E-state index contributed by atoms with van der Waals surface area (Å²) in [6, 6.07) is 0.498. The molecule has 1 fully saturated rings. The van der Waals surface area contributed by atoms with Gasteiger partial charge in [-0.2, -0.15) is 0 Å². The number of nitrogens with two attached hydrogens (primary N) is 1. The van der Waals surface area contributed by atoms with Gasteiger partial charge in [-0.25, -0.2) is 0 Å². The Morgan fingerprint density at radius 2 is 1.74 bits per heavy atom. The topological polar surface area (TPSA) is 44.9 Å². The van der Waals surface area contributed by atoms with E-state index in [1.54, 1.807) is 0 Å². The zero-order chi connectivity index (χ0) is 14.3. The van der Waals surface area contributed by atoms with E-state index in [-0.39, 0.29) is 0 Å². The molecule has 1 unspecified atom stereocenters. The summed E-state index contributed by atoms with van der Waals surface area (Å²) < 4.78 is 0. The number of likely N-dealkylation sites (tertiary alicyclic amines) is 1. The first-order chi connectivity index (χ1) is 9.10. The summed E-state index contributed by atoms with van der Waals surface area (Å²) in [6.45, 7) is 7.51. The van der Waals surface area contributed by atoms with Crippen LogP contribution in [0.2, 0.25) is 0 Å². The predicted molar refractivity (Wildman–Crippen MR) is 83.5 cm³/mol. The summed E-state index contributed by atoms with van der Waals surface area (Å²) in [5, 5.41) is 0. The van der Waals surface area contributed by atoms with Gasteiger partial charge in [-0.15, -0.1) is 0 Å². The van der Waals surface area contributed by atoms with E-state index < -0.39 is 0 Å². The molecule has 1 atom stereocenters. The highest BCUT2D eigenvalue weighted by Gasteiger charge is 2.21. The van der Waals surface area contributed by atoms with Crippen LogP contribution >= 0.6 is 0 Å². The van der Waals surface area contributed by atoms with Gasteiger partial charge in [-0.05, 0) is 39.3 Å². The molecular formula is C15H32N4. The van der Waals surface area contributed by atoms with Crippen LogP contribution in [0.4, 0.5) is 0 Å². The fraction of sp³-hybridized carbons (Fsp3) is 0.933. The van der Waals surface area contributed by atoms with Crippen LogP contribution in [0.15, 0.2) is 4.99 Å². The normalized spacial score (nSPS) is 19.3. The highest BCUT2D eigenvalue weighted by Crippen LogP contribution is 2.17. The van der Waals surface area contributed by atoms with Crippen molar-refractivity contribution in [2.24, 2.45) is 16.6 Å². The van der Waals surface area contributed by atoms with Gasteiger partial charge in [0.15, 0.2) is 5.96 Å². The molecule has 0 aromatic rings. The second-order valence-electron chi connectivity index (χ2n) is 5.85. The third-order valence-corrected chi connectivity index (χ3v) is 4.38. The van der Waals surface area contributed by atoms with Gasteiger partial charge in [0.2, 0.25) is 0 Å². The molecule has 1 aliphatic rings. The molecule has 0 aromatic carbocycles. The smallest absolute Gasteiger partial charge is 0.191 e. The molecular weight excluding hydrogens is 236 g/mol. The van der Waals surface area contributed by atoms with Gasteiger partial charge in [0.25, 0.3) is 0 Å². The lowest BCUT2D eigenvalue weighted by Gasteiger charge is -2.31. The SMILES string of the molecule is CCC(CC)C(CN=C(N)N1CCCCC1)N(C)C. The molecule has 0 saturated carbocycles. The predicted octanol–water partition coefficient (Wildman–Crippen LogP) is 2.15. The third-order valence-electron chi connectivity index (χ3n) is 4.38. The Bertz CT molecular complexity index is 265. The highest BCUT2D eigenvalue weighted by atomic mass is 15.3. The molecule has 1 saturated heterocycles. The molecule has 2 N–H and O–H groups in total. The first-order valence-electron chi connectivity index (χ1n) is 7.81. The zero-order valence-corrected chi connectivity index (χ0v) is 13.2. The van der Waals surface area contributed by atoms with Crippen LogP contribution in [0.3, 0.4) is 0 Å². The van der Waals surface area contributed by atoms with E-state index in [9.17, 15) is 0 Å². The molecule has 0 aliphatic carbocycles. The minimum absolute atomic E-state index is 0.498. The van der Waals surface area contributed by atoms with Gasteiger partial charge in [-0.3, -0.25) is 4.99 Å². The van der Waals surface area contributed by atoms with Gasteiger partial charge < -0.3 is 15.5 Å². The molecule has 0 spiro atoms. The van der Waals surface area contributed by atoms with Crippen molar-refractivity contribution in [3.8, 4) is 0 Å². The molecule has 0 aromatic heterocycles. The fourth-order valence-electron chi connectivity index (χ4n) is 2.98. The van der Waals surface area contributed by atoms with Gasteiger partial charge in [0, 0.05) is 19.1 Å². The van der Waals surface area contributed by atoms with E-state index in [4.69, 9.17) is 5.73 Å². The standard InChI is InChI=1S/C15H32N4/c1-5-13(6-2)14(18(3)4)12-17-15(16)19-10-8-7-9-11-19/h13-14H,5-12H2,1-4H3,(H2,16,17). The van der Waals surface area contributed by atoms with Crippen LogP contribution in [-0.2, 0) is 0 Å². The summed E-state index contributed by atoms with van der Waals surface area (Å²) in [4.78, 5) is 9.20. The Kier molecular flexibility index (Phi) is 7.21. The monoisotopic (exact) mass is 268 g/mol.